The minimum absolute atomic E-state index is 0.0615. The van der Waals surface area contributed by atoms with Gasteiger partial charge in [-0.3, -0.25) is 9.78 Å². The van der Waals surface area contributed by atoms with Gasteiger partial charge in [-0.2, -0.15) is 0 Å². The maximum absolute atomic E-state index is 12.1. The monoisotopic (exact) mass is 403 g/mol. The Hall–Kier alpha value is -3.48. The molecule has 30 heavy (non-hydrogen) atoms. The number of rotatable bonds is 4. The van der Waals surface area contributed by atoms with Crippen LogP contribution in [0.4, 0.5) is 11.5 Å². The average Bonchev–Trinajstić information content (AvgIpc) is 2.74. The van der Waals surface area contributed by atoms with Crippen LogP contribution in [0.3, 0.4) is 0 Å². The van der Waals surface area contributed by atoms with E-state index in [1.807, 2.05) is 29.2 Å². The molecule has 0 spiro atoms. The van der Waals surface area contributed by atoms with Crippen molar-refractivity contribution >= 4 is 17.4 Å². The molecule has 7 nitrogen and oxygen atoms in total. The van der Waals surface area contributed by atoms with Gasteiger partial charge in [-0.25, -0.2) is 9.97 Å². The molecule has 0 saturated carbocycles. The molecule has 0 bridgehead atoms. The molecule has 1 aliphatic heterocycles. The Kier molecular flexibility index (Phi) is 5.61. The smallest absolute Gasteiger partial charge is 0.219 e. The van der Waals surface area contributed by atoms with Gasteiger partial charge in [0, 0.05) is 61.2 Å². The van der Waals surface area contributed by atoms with Crippen molar-refractivity contribution in [3.63, 3.8) is 0 Å². The number of hydrogen-bond acceptors (Lipinski definition) is 6. The van der Waals surface area contributed by atoms with Crippen LogP contribution in [0, 0.1) is 0 Å². The lowest BCUT2D eigenvalue weighted by Crippen LogP contribution is -2.44. The first-order valence-corrected chi connectivity index (χ1v) is 10.1. The molecule has 1 amide bonds. The van der Waals surface area contributed by atoms with Crippen molar-refractivity contribution in [1.82, 2.24) is 19.9 Å². The van der Waals surface area contributed by atoms with E-state index < -0.39 is 0 Å². The molecule has 4 rings (SSSR count). The van der Waals surface area contributed by atoms with Crippen LogP contribution in [0.1, 0.15) is 38.4 Å². The summed E-state index contributed by atoms with van der Waals surface area (Å²) < 4.78 is 0. The van der Waals surface area contributed by atoms with Crippen molar-refractivity contribution < 1.29 is 9.90 Å². The quantitative estimate of drug-likeness (QED) is 0.681. The maximum atomic E-state index is 12.1. The first-order valence-electron chi connectivity index (χ1n) is 10.1. The number of aromatic nitrogens is 3. The number of aromatic hydroxyl groups is 1. The molecule has 2 atom stereocenters. The van der Waals surface area contributed by atoms with Crippen molar-refractivity contribution in [3.05, 3.63) is 60.7 Å². The van der Waals surface area contributed by atoms with Crippen LogP contribution < -0.4 is 5.32 Å². The molecule has 1 saturated heterocycles. The van der Waals surface area contributed by atoms with E-state index in [-0.39, 0.29) is 23.6 Å². The summed E-state index contributed by atoms with van der Waals surface area (Å²) in [5.41, 5.74) is 2.40. The van der Waals surface area contributed by atoms with Gasteiger partial charge >= 0.3 is 0 Å². The summed E-state index contributed by atoms with van der Waals surface area (Å²) in [6.07, 6.45) is 5.34. The van der Waals surface area contributed by atoms with Crippen molar-refractivity contribution in [1.29, 1.82) is 0 Å². The van der Waals surface area contributed by atoms with Crippen LogP contribution in [0.15, 0.2) is 54.9 Å². The fourth-order valence-corrected chi connectivity index (χ4v) is 3.86. The highest BCUT2D eigenvalue weighted by atomic mass is 16.3. The minimum atomic E-state index is 0.0615. The average molecular weight is 403 g/mol. The Labute approximate surface area is 175 Å². The lowest BCUT2D eigenvalue weighted by Gasteiger charge is -2.37. The second-order valence-electron chi connectivity index (χ2n) is 7.71. The molecular weight excluding hydrogens is 378 g/mol. The van der Waals surface area contributed by atoms with E-state index in [2.05, 4.69) is 17.2 Å². The van der Waals surface area contributed by atoms with Crippen LogP contribution in [-0.4, -0.2) is 43.5 Å². The number of phenols is 1. The molecular formula is C23H25N5O2. The number of piperidine rings is 1. The third-order valence-corrected chi connectivity index (χ3v) is 5.47. The zero-order chi connectivity index (χ0) is 21.1. The summed E-state index contributed by atoms with van der Waals surface area (Å²) in [4.78, 5) is 27.8. The van der Waals surface area contributed by atoms with E-state index in [0.29, 0.717) is 18.2 Å². The number of nitrogens with zero attached hydrogens (tertiary/aromatic N) is 4. The van der Waals surface area contributed by atoms with Gasteiger partial charge in [-0.1, -0.05) is 6.07 Å². The van der Waals surface area contributed by atoms with Gasteiger partial charge in [0.1, 0.15) is 17.4 Å². The van der Waals surface area contributed by atoms with Crippen LogP contribution in [0.2, 0.25) is 0 Å². The van der Waals surface area contributed by atoms with Gasteiger partial charge in [0.05, 0.1) is 5.69 Å². The Balaban J connectivity index is 1.71. The van der Waals surface area contributed by atoms with Gasteiger partial charge in [0.15, 0.2) is 0 Å². The molecule has 1 fully saturated rings. The number of amides is 1. The number of likely N-dealkylation sites (tertiary alicyclic amines) is 1. The molecule has 0 aliphatic carbocycles. The summed E-state index contributed by atoms with van der Waals surface area (Å²) in [5.74, 6) is 1.66. The van der Waals surface area contributed by atoms with Gasteiger partial charge in [0.25, 0.3) is 0 Å². The van der Waals surface area contributed by atoms with E-state index in [1.54, 1.807) is 37.5 Å². The van der Waals surface area contributed by atoms with Gasteiger partial charge < -0.3 is 15.3 Å². The minimum Gasteiger partial charge on any atom is -0.508 e. The number of benzene rings is 1. The number of phenolic OH excluding ortho intramolecular Hbond substituents is 1. The molecule has 3 aromatic rings. The number of pyridine rings is 1. The summed E-state index contributed by atoms with van der Waals surface area (Å²) in [6, 6.07) is 12.8. The Morgan fingerprint density at radius 1 is 1.17 bits per heavy atom. The molecule has 1 aromatic carbocycles. The molecule has 0 unspecified atom stereocenters. The highest BCUT2D eigenvalue weighted by Crippen LogP contribution is 2.31. The Morgan fingerprint density at radius 2 is 2.03 bits per heavy atom. The second kappa shape index (κ2) is 8.49. The highest BCUT2D eigenvalue weighted by Gasteiger charge is 2.30. The third kappa shape index (κ3) is 4.40. The second-order valence-corrected chi connectivity index (χ2v) is 7.71. The van der Waals surface area contributed by atoms with Crippen molar-refractivity contribution in [3.8, 4) is 17.0 Å². The highest BCUT2D eigenvalue weighted by molar-refractivity contribution is 5.73. The van der Waals surface area contributed by atoms with E-state index >= 15 is 0 Å². The molecule has 0 radical (unpaired) electrons. The number of anilines is 2. The number of hydrogen-bond donors (Lipinski definition) is 2. The molecule has 2 aromatic heterocycles. The first kappa shape index (κ1) is 19.8. The van der Waals surface area contributed by atoms with Crippen LogP contribution in [0.25, 0.3) is 11.3 Å². The van der Waals surface area contributed by atoms with Crippen molar-refractivity contribution in [2.45, 2.75) is 38.6 Å². The first-order chi connectivity index (χ1) is 14.5. The van der Waals surface area contributed by atoms with Crippen LogP contribution in [0.5, 0.6) is 5.75 Å². The fourth-order valence-electron chi connectivity index (χ4n) is 3.86. The normalized spacial score (nSPS) is 18.8. The fraction of sp³-hybridized carbons (Fsp3) is 0.304. The number of nitrogens with one attached hydrogen (secondary N) is 1. The largest absolute Gasteiger partial charge is 0.508 e. The van der Waals surface area contributed by atoms with E-state index in [9.17, 15) is 9.90 Å². The van der Waals surface area contributed by atoms with Crippen molar-refractivity contribution in [2.75, 3.05) is 11.9 Å². The lowest BCUT2D eigenvalue weighted by molar-refractivity contribution is -0.132. The van der Waals surface area contributed by atoms with Crippen molar-refractivity contribution in [2.24, 2.45) is 0 Å². The predicted octanol–water partition coefficient (Wildman–Crippen LogP) is 4.10. The van der Waals surface area contributed by atoms with Crippen LogP contribution in [-0.2, 0) is 4.79 Å². The summed E-state index contributed by atoms with van der Waals surface area (Å²) in [7, 11) is 0. The van der Waals surface area contributed by atoms with E-state index in [4.69, 9.17) is 9.97 Å². The number of carbonyl (C=O) groups excluding carboxylic acids is 1. The zero-order valence-corrected chi connectivity index (χ0v) is 17.1. The van der Waals surface area contributed by atoms with E-state index in [0.717, 1.165) is 29.8 Å². The summed E-state index contributed by atoms with van der Waals surface area (Å²) in [6.45, 7) is 4.30. The van der Waals surface area contributed by atoms with Gasteiger partial charge in [-0.15, -0.1) is 0 Å². The Bertz CT molecular complexity index is 1040. The molecule has 1 aliphatic rings. The lowest BCUT2D eigenvalue weighted by atomic mass is 9.92. The van der Waals surface area contributed by atoms with E-state index in [1.165, 1.54) is 0 Å². The Morgan fingerprint density at radius 3 is 2.77 bits per heavy atom. The predicted molar refractivity (Wildman–Crippen MR) is 115 cm³/mol. The SMILES string of the molecule is CC(=O)N1C[C@H](c2nc(Nc3cccc(O)c3)cc(-c3cccnc3)n2)CC[C@@H]1C. The standard InChI is InChI=1S/C23H25N5O2/c1-15-8-9-18(14-28(15)16(2)29)23-26-21(17-5-4-10-24-13-17)12-22(27-23)25-19-6-3-7-20(30)11-19/h3-7,10-13,15,18,30H,8-9,14H2,1-2H3,(H,25,26,27)/t15-,18+/m0/s1. The third-order valence-electron chi connectivity index (χ3n) is 5.47. The van der Waals surface area contributed by atoms with Crippen LogP contribution >= 0.6 is 0 Å². The molecule has 154 valence electrons. The van der Waals surface area contributed by atoms with Gasteiger partial charge in [-0.05, 0) is 44.0 Å². The number of carbonyl (C=O) groups is 1. The molecule has 2 N–H and O–H groups in total. The molecule has 7 heteroatoms. The topological polar surface area (TPSA) is 91.2 Å². The zero-order valence-electron chi connectivity index (χ0n) is 17.1. The summed E-state index contributed by atoms with van der Waals surface area (Å²) >= 11 is 0. The maximum Gasteiger partial charge on any atom is 0.219 e. The van der Waals surface area contributed by atoms with Gasteiger partial charge in [0.2, 0.25) is 5.91 Å². The molecule has 3 heterocycles. The summed E-state index contributed by atoms with van der Waals surface area (Å²) in [5, 5.41) is 13.0.